The molecule has 2 amide bonds. The second-order valence-electron chi connectivity index (χ2n) is 7.74. The number of ether oxygens (including phenoxy) is 2. The number of methoxy groups -OCH3 is 2. The molecule has 176 valence electrons. The highest BCUT2D eigenvalue weighted by atomic mass is 19.1. The highest BCUT2D eigenvalue weighted by Gasteiger charge is 2.44. The van der Waals surface area contributed by atoms with Crippen molar-refractivity contribution in [3.05, 3.63) is 88.7 Å². The molecule has 3 aromatic rings. The van der Waals surface area contributed by atoms with Crippen LogP contribution in [-0.4, -0.2) is 38.0 Å². The molecule has 0 bridgehead atoms. The lowest BCUT2D eigenvalue weighted by Gasteiger charge is -2.40. The minimum absolute atomic E-state index is 0.0768. The van der Waals surface area contributed by atoms with Crippen molar-refractivity contribution in [3.8, 4) is 11.5 Å². The van der Waals surface area contributed by atoms with E-state index in [2.05, 4.69) is 5.32 Å². The number of amides is 2. The Kier molecular flexibility index (Phi) is 6.19. The number of carbonyl (C=O) groups is 2. The number of rotatable bonds is 5. The summed E-state index contributed by atoms with van der Waals surface area (Å²) in [6, 6.07) is 10.7. The third kappa shape index (κ3) is 3.83. The Balaban J connectivity index is 1.93. The molecular weight excluding hydrogens is 449 g/mol. The summed E-state index contributed by atoms with van der Waals surface area (Å²) in [5.74, 6) is -4.62. The molecule has 2 atom stereocenters. The number of fused-ring (bicyclic) bond motifs is 1. The highest BCUT2D eigenvalue weighted by molar-refractivity contribution is 6.05. The van der Waals surface area contributed by atoms with E-state index in [1.807, 2.05) is 0 Å². The number of halogens is 3. The average molecular weight is 470 g/mol. The highest BCUT2D eigenvalue weighted by Crippen LogP contribution is 2.46. The van der Waals surface area contributed by atoms with E-state index in [0.29, 0.717) is 0 Å². The maximum Gasteiger partial charge on any atom is 0.254 e. The molecule has 1 heterocycles. The third-order valence-corrected chi connectivity index (χ3v) is 5.89. The van der Waals surface area contributed by atoms with E-state index in [-0.39, 0.29) is 28.2 Å². The van der Waals surface area contributed by atoms with E-state index in [0.717, 1.165) is 12.1 Å². The van der Waals surface area contributed by atoms with Gasteiger partial charge >= 0.3 is 0 Å². The molecule has 0 unspecified atom stereocenters. The van der Waals surface area contributed by atoms with Crippen molar-refractivity contribution in [2.24, 2.45) is 0 Å². The van der Waals surface area contributed by atoms with Gasteiger partial charge in [0.1, 0.15) is 23.1 Å². The normalized spacial score (nSPS) is 17.2. The van der Waals surface area contributed by atoms with Crippen molar-refractivity contribution in [1.29, 1.82) is 0 Å². The molecule has 4 rings (SSSR count). The zero-order chi connectivity index (χ0) is 24.6. The molecule has 0 fully saturated rings. The SMILES string of the molecule is COc1cc2c(cc1OC)[C@H](C(=O)Nc1c(F)cccc1F)[C@@H](c1ccccc1F)N(C)C2=O. The second-order valence-corrected chi connectivity index (χ2v) is 7.74. The van der Waals surface area contributed by atoms with Crippen LogP contribution >= 0.6 is 0 Å². The van der Waals surface area contributed by atoms with E-state index in [9.17, 15) is 22.8 Å². The number of likely N-dealkylation sites (N-methyl/N-ethyl adjacent to an activating group) is 1. The van der Waals surface area contributed by atoms with Gasteiger partial charge in [-0.25, -0.2) is 13.2 Å². The van der Waals surface area contributed by atoms with Gasteiger partial charge in [-0.15, -0.1) is 0 Å². The average Bonchev–Trinajstić information content (AvgIpc) is 2.83. The minimum Gasteiger partial charge on any atom is -0.493 e. The van der Waals surface area contributed by atoms with Gasteiger partial charge in [0.25, 0.3) is 5.91 Å². The van der Waals surface area contributed by atoms with Gasteiger partial charge in [0.2, 0.25) is 5.91 Å². The van der Waals surface area contributed by atoms with Gasteiger partial charge in [-0.05, 0) is 35.9 Å². The summed E-state index contributed by atoms with van der Waals surface area (Å²) in [4.78, 5) is 28.1. The van der Waals surface area contributed by atoms with Crippen LogP contribution in [0, 0.1) is 17.5 Å². The molecule has 0 saturated carbocycles. The van der Waals surface area contributed by atoms with Crippen molar-refractivity contribution >= 4 is 17.5 Å². The fourth-order valence-electron chi connectivity index (χ4n) is 4.25. The number of hydrogen-bond donors (Lipinski definition) is 1. The maximum absolute atomic E-state index is 14.9. The number of para-hydroxylation sites is 1. The van der Waals surface area contributed by atoms with Crippen molar-refractivity contribution in [2.45, 2.75) is 12.0 Å². The summed E-state index contributed by atoms with van der Waals surface area (Å²) in [5.41, 5.74) is -0.223. The van der Waals surface area contributed by atoms with Gasteiger partial charge in [-0.2, -0.15) is 0 Å². The van der Waals surface area contributed by atoms with Gasteiger partial charge in [0, 0.05) is 18.2 Å². The molecule has 6 nitrogen and oxygen atoms in total. The standard InChI is InChI=1S/C25H21F3N2O4/c1-30-23(13-7-4-5-8-16(13)26)21(24(31)29-22-17(27)9-6-10-18(22)28)14-11-19(33-2)20(34-3)12-15(14)25(30)32/h4-12,21,23H,1-3H3,(H,29,31)/t21-,23+/m0/s1. The lowest BCUT2D eigenvalue weighted by molar-refractivity contribution is -0.119. The summed E-state index contributed by atoms with van der Waals surface area (Å²) in [6.45, 7) is 0. The largest absolute Gasteiger partial charge is 0.493 e. The Morgan fingerprint density at radius 3 is 2.09 bits per heavy atom. The van der Waals surface area contributed by atoms with Crippen molar-refractivity contribution < 1.29 is 32.2 Å². The Hall–Kier alpha value is -4.01. The quantitative estimate of drug-likeness (QED) is 0.589. The van der Waals surface area contributed by atoms with Crippen LogP contribution in [-0.2, 0) is 4.79 Å². The zero-order valence-corrected chi connectivity index (χ0v) is 18.6. The van der Waals surface area contributed by atoms with Crippen molar-refractivity contribution in [1.82, 2.24) is 4.90 Å². The molecule has 1 aliphatic heterocycles. The molecule has 34 heavy (non-hydrogen) atoms. The first kappa shape index (κ1) is 23.2. The van der Waals surface area contributed by atoms with Crippen molar-refractivity contribution in [3.63, 3.8) is 0 Å². The first-order valence-corrected chi connectivity index (χ1v) is 10.3. The fraction of sp³-hybridized carbons (Fsp3) is 0.200. The number of benzene rings is 3. The molecule has 3 aromatic carbocycles. The predicted molar refractivity (Wildman–Crippen MR) is 119 cm³/mol. The van der Waals surface area contributed by atoms with E-state index in [1.165, 1.54) is 62.6 Å². The van der Waals surface area contributed by atoms with Gasteiger partial charge in [0.05, 0.1) is 26.2 Å². The van der Waals surface area contributed by atoms with Crippen LogP contribution in [0.25, 0.3) is 0 Å². The van der Waals surface area contributed by atoms with Crippen LogP contribution in [0.2, 0.25) is 0 Å². The first-order valence-electron chi connectivity index (χ1n) is 10.3. The molecule has 0 spiro atoms. The second kappa shape index (κ2) is 9.09. The van der Waals surface area contributed by atoms with Crippen molar-refractivity contribution in [2.75, 3.05) is 26.6 Å². The number of nitrogens with one attached hydrogen (secondary N) is 1. The summed E-state index contributed by atoms with van der Waals surface area (Å²) in [6.07, 6.45) is 0. The lowest BCUT2D eigenvalue weighted by atomic mass is 9.79. The molecule has 0 aliphatic carbocycles. The predicted octanol–water partition coefficient (Wildman–Crippen LogP) is 4.67. The monoisotopic (exact) mass is 470 g/mol. The number of anilines is 1. The van der Waals surface area contributed by atoms with Gasteiger partial charge in [-0.1, -0.05) is 24.3 Å². The Bertz CT molecular complexity index is 1260. The van der Waals surface area contributed by atoms with Crippen LogP contribution in [0.1, 0.15) is 33.4 Å². The van der Waals surface area contributed by atoms with Crippen LogP contribution in [0.5, 0.6) is 11.5 Å². The van der Waals surface area contributed by atoms with Gasteiger partial charge in [0.15, 0.2) is 11.5 Å². The van der Waals surface area contributed by atoms with E-state index >= 15 is 0 Å². The van der Waals surface area contributed by atoms with Gasteiger partial charge < -0.3 is 19.7 Å². The molecule has 1 aliphatic rings. The minimum atomic E-state index is -1.23. The third-order valence-electron chi connectivity index (χ3n) is 5.89. The maximum atomic E-state index is 14.9. The Morgan fingerprint density at radius 1 is 0.882 bits per heavy atom. The summed E-state index contributed by atoms with van der Waals surface area (Å²) >= 11 is 0. The molecule has 0 aromatic heterocycles. The molecule has 9 heteroatoms. The first-order chi connectivity index (χ1) is 16.3. The van der Waals surface area contributed by atoms with E-state index < -0.39 is 46.9 Å². The van der Waals surface area contributed by atoms with Crippen LogP contribution in [0.15, 0.2) is 54.6 Å². The lowest BCUT2D eigenvalue weighted by Crippen LogP contribution is -2.44. The number of carbonyl (C=O) groups excluding carboxylic acids is 2. The Labute approximate surface area is 193 Å². The topological polar surface area (TPSA) is 67.9 Å². The smallest absolute Gasteiger partial charge is 0.254 e. The summed E-state index contributed by atoms with van der Waals surface area (Å²) in [7, 11) is 4.22. The van der Waals surface area contributed by atoms with Crippen LogP contribution < -0.4 is 14.8 Å². The summed E-state index contributed by atoms with van der Waals surface area (Å²) < 4.78 is 54.1. The van der Waals surface area contributed by atoms with Crippen LogP contribution in [0.4, 0.5) is 18.9 Å². The number of hydrogen-bond acceptors (Lipinski definition) is 4. The molecule has 0 saturated heterocycles. The number of nitrogens with zero attached hydrogens (tertiary/aromatic N) is 1. The van der Waals surface area contributed by atoms with E-state index in [1.54, 1.807) is 6.07 Å². The summed E-state index contributed by atoms with van der Waals surface area (Å²) in [5, 5.41) is 2.29. The Morgan fingerprint density at radius 2 is 1.47 bits per heavy atom. The molecule has 0 radical (unpaired) electrons. The zero-order valence-electron chi connectivity index (χ0n) is 18.6. The van der Waals surface area contributed by atoms with Crippen LogP contribution in [0.3, 0.4) is 0 Å². The van der Waals surface area contributed by atoms with E-state index in [4.69, 9.17) is 9.47 Å². The molecular formula is C25H21F3N2O4. The molecule has 1 N–H and O–H groups in total. The fourth-order valence-corrected chi connectivity index (χ4v) is 4.25. The van der Waals surface area contributed by atoms with Gasteiger partial charge in [-0.3, -0.25) is 9.59 Å².